The molecule has 0 spiro atoms. The lowest BCUT2D eigenvalue weighted by atomic mass is 9.89. The van der Waals surface area contributed by atoms with Gasteiger partial charge in [-0.2, -0.15) is 4.98 Å². The molecule has 1 unspecified atom stereocenters. The molecule has 0 aromatic carbocycles. The minimum Gasteiger partial charge on any atom is -0.432 e. The van der Waals surface area contributed by atoms with Gasteiger partial charge in [-0.15, -0.1) is 0 Å². The lowest BCUT2D eigenvalue weighted by molar-refractivity contribution is 0.351. The van der Waals surface area contributed by atoms with Crippen LogP contribution in [0.2, 0.25) is 0 Å². The van der Waals surface area contributed by atoms with Gasteiger partial charge in [0.2, 0.25) is 0 Å². The average molecular weight is 277 g/mol. The first-order valence-electron chi connectivity index (χ1n) is 8.15. The predicted molar refractivity (Wildman–Crippen MR) is 80.8 cm³/mol. The number of hydrogen-bond acceptors (Lipinski definition) is 4. The van der Waals surface area contributed by atoms with Crippen LogP contribution in [0.1, 0.15) is 51.6 Å². The first-order valence-corrected chi connectivity index (χ1v) is 8.15. The average Bonchev–Trinajstić information content (AvgIpc) is 3.19. The maximum atomic E-state index is 5.68. The molecule has 1 aromatic heterocycles. The van der Waals surface area contributed by atoms with Gasteiger partial charge in [-0.25, -0.2) is 0 Å². The van der Waals surface area contributed by atoms with Crippen molar-refractivity contribution in [2.45, 2.75) is 58.5 Å². The van der Waals surface area contributed by atoms with E-state index in [2.05, 4.69) is 29.0 Å². The smallest absolute Gasteiger partial charge is 0.297 e. The van der Waals surface area contributed by atoms with Crippen molar-refractivity contribution in [3.63, 3.8) is 0 Å². The van der Waals surface area contributed by atoms with Crippen LogP contribution in [0.4, 0.5) is 6.01 Å². The molecule has 0 bridgehead atoms. The Morgan fingerprint density at radius 1 is 1.30 bits per heavy atom. The number of oxazole rings is 1. The second-order valence-corrected chi connectivity index (χ2v) is 6.70. The minimum atomic E-state index is 0.722. The summed E-state index contributed by atoms with van der Waals surface area (Å²) in [7, 11) is 0. The molecule has 2 aliphatic rings. The summed E-state index contributed by atoms with van der Waals surface area (Å²) in [5.41, 5.74) is 1.04. The van der Waals surface area contributed by atoms with Gasteiger partial charge in [-0.1, -0.05) is 13.8 Å². The SMILES string of the molecule is CC(C)C1CCCN(c2nc(CNC3CC3)co2)CC1. The van der Waals surface area contributed by atoms with Gasteiger partial charge in [0.1, 0.15) is 6.26 Å². The van der Waals surface area contributed by atoms with Gasteiger partial charge in [0.15, 0.2) is 0 Å². The molecule has 1 aliphatic carbocycles. The van der Waals surface area contributed by atoms with E-state index >= 15 is 0 Å². The molecule has 3 rings (SSSR count). The summed E-state index contributed by atoms with van der Waals surface area (Å²) < 4.78 is 5.68. The molecule has 2 fully saturated rings. The van der Waals surface area contributed by atoms with Gasteiger partial charge in [0, 0.05) is 25.7 Å². The molecule has 4 nitrogen and oxygen atoms in total. The van der Waals surface area contributed by atoms with Crippen LogP contribution >= 0.6 is 0 Å². The number of anilines is 1. The molecule has 1 aliphatic heterocycles. The highest BCUT2D eigenvalue weighted by molar-refractivity contribution is 5.27. The minimum absolute atomic E-state index is 0.722. The quantitative estimate of drug-likeness (QED) is 0.897. The molecule has 20 heavy (non-hydrogen) atoms. The zero-order valence-electron chi connectivity index (χ0n) is 12.8. The van der Waals surface area contributed by atoms with Gasteiger partial charge in [-0.3, -0.25) is 0 Å². The van der Waals surface area contributed by atoms with Crippen LogP contribution in [-0.4, -0.2) is 24.1 Å². The van der Waals surface area contributed by atoms with Crippen LogP contribution in [0.25, 0.3) is 0 Å². The zero-order chi connectivity index (χ0) is 13.9. The molecule has 0 radical (unpaired) electrons. The Morgan fingerprint density at radius 3 is 2.90 bits per heavy atom. The lowest BCUT2D eigenvalue weighted by Crippen LogP contribution is -2.25. The highest BCUT2D eigenvalue weighted by atomic mass is 16.4. The maximum Gasteiger partial charge on any atom is 0.297 e. The molecule has 1 atom stereocenters. The van der Waals surface area contributed by atoms with Crippen molar-refractivity contribution in [2.24, 2.45) is 11.8 Å². The van der Waals surface area contributed by atoms with E-state index in [9.17, 15) is 0 Å². The highest BCUT2D eigenvalue weighted by Crippen LogP contribution is 2.27. The molecule has 1 saturated heterocycles. The molecule has 4 heteroatoms. The lowest BCUT2D eigenvalue weighted by Gasteiger charge is -2.19. The summed E-state index contributed by atoms with van der Waals surface area (Å²) in [6, 6.07) is 1.54. The summed E-state index contributed by atoms with van der Waals surface area (Å²) in [6.07, 6.45) is 8.29. The summed E-state index contributed by atoms with van der Waals surface area (Å²) in [5, 5.41) is 3.48. The van der Waals surface area contributed by atoms with E-state index in [0.29, 0.717) is 0 Å². The maximum absolute atomic E-state index is 5.68. The Labute approximate surface area is 121 Å². The van der Waals surface area contributed by atoms with Crippen molar-refractivity contribution in [1.29, 1.82) is 0 Å². The number of rotatable bonds is 5. The van der Waals surface area contributed by atoms with Crippen LogP contribution in [-0.2, 0) is 6.54 Å². The van der Waals surface area contributed by atoms with Crippen LogP contribution in [0.15, 0.2) is 10.7 Å². The third-order valence-electron chi connectivity index (χ3n) is 4.67. The van der Waals surface area contributed by atoms with Crippen LogP contribution in [0.3, 0.4) is 0 Å². The van der Waals surface area contributed by atoms with Crippen LogP contribution < -0.4 is 10.2 Å². The van der Waals surface area contributed by atoms with Gasteiger partial charge in [-0.05, 0) is 43.9 Å². The fourth-order valence-electron chi connectivity index (χ4n) is 3.04. The molecule has 1 aromatic rings. The normalized spacial score (nSPS) is 24.1. The molecular formula is C16H27N3O. The van der Waals surface area contributed by atoms with E-state index in [1.165, 1.54) is 32.1 Å². The van der Waals surface area contributed by atoms with E-state index in [1.54, 1.807) is 0 Å². The molecule has 1 saturated carbocycles. The van der Waals surface area contributed by atoms with Gasteiger partial charge < -0.3 is 14.6 Å². The highest BCUT2D eigenvalue weighted by Gasteiger charge is 2.23. The Hall–Kier alpha value is -1.03. The van der Waals surface area contributed by atoms with Gasteiger partial charge >= 0.3 is 0 Å². The first kappa shape index (κ1) is 13.9. The standard InChI is InChI=1S/C16H27N3O/c1-12(2)13-4-3-8-19(9-7-13)16-18-15(11-20-16)10-17-14-5-6-14/h11-14,17H,3-10H2,1-2H3. The Kier molecular flexibility index (Phi) is 4.29. The monoisotopic (exact) mass is 277 g/mol. The van der Waals surface area contributed by atoms with E-state index in [-0.39, 0.29) is 0 Å². The Morgan fingerprint density at radius 2 is 2.15 bits per heavy atom. The first-order chi connectivity index (χ1) is 9.72. The molecule has 1 N–H and O–H groups in total. The molecule has 0 amide bonds. The third-order valence-corrected chi connectivity index (χ3v) is 4.67. The number of hydrogen-bond donors (Lipinski definition) is 1. The predicted octanol–water partition coefficient (Wildman–Crippen LogP) is 3.19. The molecule has 112 valence electrons. The van der Waals surface area contributed by atoms with Crippen molar-refractivity contribution < 1.29 is 4.42 Å². The summed E-state index contributed by atoms with van der Waals surface area (Å²) in [6.45, 7) is 7.69. The number of nitrogens with zero attached hydrogens (tertiary/aromatic N) is 2. The van der Waals surface area contributed by atoms with Crippen molar-refractivity contribution in [1.82, 2.24) is 10.3 Å². The fourth-order valence-corrected chi connectivity index (χ4v) is 3.04. The Balaban J connectivity index is 1.55. The summed E-state index contributed by atoms with van der Waals surface area (Å²) >= 11 is 0. The summed E-state index contributed by atoms with van der Waals surface area (Å²) in [5.74, 6) is 1.64. The number of nitrogens with one attached hydrogen (secondary N) is 1. The largest absolute Gasteiger partial charge is 0.432 e. The van der Waals surface area contributed by atoms with E-state index in [1.807, 2.05) is 6.26 Å². The third kappa shape index (κ3) is 3.54. The zero-order valence-corrected chi connectivity index (χ0v) is 12.8. The second kappa shape index (κ2) is 6.17. The fraction of sp³-hybridized carbons (Fsp3) is 0.812. The topological polar surface area (TPSA) is 41.3 Å². The van der Waals surface area contributed by atoms with Crippen molar-refractivity contribution in [3.8, 4) is 0 Å². The molecular weight excluding hydrogens is 250 g/mol. The second-order valence-electron chi connectivity index (χ2n) is 6.70. The van der Waals surface area contributed by atoms with E-state index in [4.69, 9.17) is 4.42 Å². The van der Waals surface area contributed by atoms with Crippen molar-refractivity contribution in [2.75, 3.05) is 18.0 Å². The Bertz CT molecular complexity index is 425. The van der Waals surface area contributed by atoms with E-state index < -0.39 is 0 Å². The van der Waals surface area contributed by atoms with Gasteiger partial charge in [0.25, 0.3) is 6.01 Å². The van der Waals surface area contributed by atoms with Gasteiger partial charge in [0.05, 0.1) is 5.69 Å². The molecule has 2 heterocycles. The summed E-state index contributed by atoms with van der Waals surface area (Å²) in [4.78, 5) is 6.96. The van der Waals surface area contributed by atoms with E-state index in [0.717, 1.165) is 49.2 Å². The van der Waals surface area contributed by atoms with Crippen molar-refractivity contribution in [3.05, 3.63) is 12.0 Å². The van der Waals surface area contributed by atoms with Crippen LogP contribution in [0, 0.1) is 11.8 Å². The number of aromatic nitrogens is 1. The van der Waals surface area contributed by atoms with Crippen molar-refractivity contribution >= 4 is 6.01 Å². The van der Waals surface area contributed by atoms with Crippen LogP contribution in [0.5, 0.6) is 0 Å².